The number of nitrogens with zero attached hydrogens (tertiary/aromatic N) is 4. The third-order valence-corrected chi connectivity index (χ3v) is 5.98. The average Bonchev–Trinajstić information content (AvgIpc) is 3.28. The zero-order chi connectivity index (χ0) is 24.2. The Morgan fingerprint density at radius 2 is 1.94 bits per heavy atom. The number of nitrogens with one attached hydrogen (secondary N) is 1. The summed E-state index contributed by atoms with van der Waals surface area (Å²) in [6.07, 6.45) is 7.31. The first kappa shape index (κ1) is 23.2. The van der Waals surface area contributed by atoms with Gasteiger partial charge in [0, 0.05) is 24.0 Å². The molecule has 1 N–H and O–H groups in total. The molecular formula is C23H20FN5O4S. The Morgan fingerprint density at radius 3 is 2.65 bits per heavy atom. The highest BCUT2D eigenvalue weighted by Crippen LogP contribution is 2.24. The lowest BCUT2D eigenvalue weighted by Crippen LogP contribution is -2.31. The third-order valence-electron chi connectivity index (χ3n) is 5.17. The van der Waals surface area contributed by atoms with Crippen LogP contribution in [0.4, 0.5) is 4.39 Å². The molecule has 1 unspecified atom stereocenters. The molecule has 174 valence electrons. The normalized spacial score (nSPS) is 12.8. The van der Waals surface area contributed by atoms with Crippen LogP contribution in [0.3, 0.4) is 0 Å². The second-order valence-corrected chi connectivity index (χ2v) is 8.67. The van der Waals surface area contributed by atoms with Crippen LogP contribution in [-0.4, -0.2) is 49.2 Å². The van der Waals surface area contributed by atoms with Crippen LogP contribution >= 0.6 is 0 Å². The Morgan fingerprint density at radius 1 is 1.18 bits per heavy atom. The summed E-state index contributed by atoms with van der Waals surface area (Å²) in [5.41, 5.74) is 1.96. The van der Waals surface area contributed by atoms with E-state index in [9.17, 15) is 18.2 Å². The molecule has 0 fully saturated rings. The number of ether oxygens (including phenoxy) is 1. The fourth-order valence-electron chi connectivity index (χ4n) is 3.45. The molecule has 0 radical (unpaired) electrons. The second kappa shape index (κ2) is 9.87. The summed E-state index contributed by atoms with van der Waals surface area (Å²) in [4.78, 5) is 33.5. The molecule has 4 aromatic rings. The molecule has 1 amide bonds. The Labute approximate surface area is 196 Å². The molecule has 3 aromatic heterocycles. The van der Waals surface area contributed by atoms with E-state index in [-0.39, 0.29) is 17.8 Å². The van der Waals surface area contributed by atoms with Crippen LogP contribution in [0.25, 0.3) is 16.6 Å². The SMILES string of the molecule is COC(=O)C[C@H](NC(=O)c1cncc2c1cnn2-c1ccc(F)cc1)c1ccnc(S(C)=O)c1. The van der Waals surface area contributed by atoms with E-state index < -0.39 is 28.7 Å². The lowest BCUT2D eigenvalue weighted by molar-refractivity contribution is -0.141. The van der Waals surface area contributed by atoms with Gasteiger partial charge in [-0.1, -0.05) is 0 Å². The van der Waals surface area contributed by atoms with Crippen LogP contribution in [-0.2, 0) is 20.3 Å². The summed E-state index contributed by atoms with van der Waals surface area (Å²) in [5.74, 6) is -1.38. The number of aromatic nitrogens is 4. The first-order valence-corrected chi connectivity index (χ1v) is 11.7. The van der Waals surface area contributed by atoms with E-state index in [4.69, 9.17) is 4.74 Å². The Bertz CT molecular complexity index is 1390. The fourth-order valence-corrected chi connectivity index (χ4v) is 3.96. The summed E-state index contributed by atoms with van der Waals surface area (Å²) in [6.45, 7) is 0. The minimum Gasteiger partial charge on any atom is -0.469 e. The van der Waals surface area contributed by atoms with Gasteiger partial charge >= 0.3 is 5.97 Å². The number of pyridine rings is 2. The van der Waals surface area contributed by atoms with Crippen LogP contribution < -0.4 is 5.32 Å². The van der Waals surface area contributed by atoms with Crippen LogP contribution in [0.5, 0.6) is 0 Å². The van der Waals surface area contributed by atoms with Crippen LogP contribution in [0.15, 0.2) is 66.2 Å². The molecule has 0 saturated heterocycles. The predicted octanol–water partition coefficient (Wildman–Crippen LogP) is 2.73. The van der Waals surface area contributed by atoms with Gasteiger partial charge in [0.15, 0.2) is 0 Å². The molecule has 0 aliphatic carbocycles. The molecule has 11 heteroatoms. The van der Waals surface area contributed by atoms with Crippen molar-refractivity contribution in [3.8, 4) is 5.69 Å². The molecule has 0 saturated carbocycles. The van der Waals surface area contributed by atoms with Gasteiger partial charge in [0.2, 0.25) is 0 Å². The standard InChI is InChI=1S/C23H20FN5O4S/c1-33-22(30)10-19(14-7-8-26-21(9-14)34(2)32)28-23(31)18-11-25-13-20-17(18)12-27-29(20)16-5-3-15(24)4-6-16/h3-9,11-13,19H,10H2,1-2H3,(H,28,31)/t19-,34?/m0/s1. The van der Waals surface area contributed by atoms with Gasteiger partial charge in [-0.05, 0) is 42.0 Å². The maximum absolute atomic E-state index is 13.3. The highest BCUT2D eigenvalue weighted by Gasteiger charge is 2.23. The first-order chi connectivity index (χ1) is 16.4. The number of rotatable bonds is 7. The summed E-state index contributed by atoms with van der Waals surface area (Å²) < 4.78 is 31.5. The molecule has 1 aromatic carbocycles. The van der Waals surface area contributed by atoms with Crippen molar-refractivity contribution in [3.05, 3.63) is 78.1 Å². The van der Waals surface area contributed by atoms with Gasteiger partial charge in [0.05, 0.1) is 59.5 Å². The van der Waals surface area contributed by atoms with Crippen LogP contribution in [0, 0.1) is 5.82 Å². The summed E-state index contributed by atoms with van der Waals surface area (Å²) in [6, 6.07) is 8.23. The monoisotopic (exact) mass is 481 g/mol. The van der Waals surface area contributed by atoms with Crippen molar-refractivity contribution in [2.75, 3.05) is 13.4 Å². The number of carbonyl (C=O) groups excluding carboxylic acids is 2. The Kier molecular flexibility index (Phi) is 6.73. The summed E-state index contributed by atoms with van der Waals surface area (Å²) in [7, 11) is -0.0803. The third kappa shape index (κ3) is 4.84. The fraction of sp³-hybridized carbons (Fsp3) is 0.174. The molecule has 4 rings (SSSR count). The van der Waals surface area contributed by atoms with Crippen molar-refractivity contribution < 1.29 is 22.9 Å². The Balaban J connectivity index is 1.68. The van der Waals surface area contributed by atoms with Gasteiger partial charge in [0.25, 0.3) is 5.91 Å². The number of hydrogen-bond acceptors (Lipinski definition) is 7. The van der Waals surface area contributed by atoms with Gasteiger partial charge in [-0.15, -0.1) is 0 Å². The van der Waals surface area contributed by atoms with Crippen LogP contribution in [0.1, 0.15) is 28.4 Å². The van der Waals surface area contributed by atoms with E-state index in [2.05, 4.69) is 20.4 Å². The lowest BCUT2D eigenvalue weighted by atomic mass is 10.0. The number of amides is 1. The summed E-state index contributed by atoms with van der Waals surface area (Å²) >= 11 is 0. The van der Waals surface area contributed by atoms with Crippen LogP contribution in [0.2, 0.25) is 0 Å². The second-order valence-electron chi connectivity index (χ2n) is 7.34. The predicted molar refractivity (Wildman–Crippen MR) is 122 cm³/mol. The van der Waals surface area contributed by atoms with Crippen molar-refractivity contribution >= 4 is 33.6 Å². The van der Waals surface area contributed by atoms with Crippen molar-refractivity contribution in [3.63, 3.8) is 0 Å². The maximum atomic E-state index is 13.3. The smallest absolute Gasteiger partial charge is 0.307 e. The number of fused-ring (bicyclic) bond motifs is 1. The van der Waals surface area contributed by atoms with Crippen molar-refractivity contribution in [2.45, 2.75) is 17.5 Å². The molecule has 0 aliphatic heterocycles. The molecule has 0 aliphatic rings. The zero-order valence-electron chi connectivity index (χ0n) is 18.3. The topological polar surface area (TPSA) is 116 Å². The van der Waals surface area contributed by atoms with Gasteiger partial charge in [0.1, 0.15) is 10.8 Å². The van der Waals surface area contributed by atoms with E-state index in [1.807, 2.05) is 0 Å². The zero-order valence-corrected chi connectivity index (χ0v) is 19.1. The molecular weight excluding hydrogens is 461 g/mol. The molecule has 3 heterocycles. The molecule has 2 atom stereocenters. The lowest BCUT2D eigenvalue weighted by Gasteiger charge is -2.19. The van der Waals surface area contributed by atoms with Gasteiger partial charge in [-0.3, -0.25) is 18.8 Å². The number of carbonyl (C=O) groups is 2. The maximum Gasteiger partial charge on any atom is 0.307 e. The van der Waals surface area contributed by atoms with Crippen molar-refractivity contribution in [2.24, 2.45) is 0 Å². The van der Waals surface area contributed by atoms with Gasteiger partial charge in [-0.25, -0.2) is 14.1 Å². The molecule has 0 spiro atoms. The first-order valence-electron chi connectivity index (χ1n) is 10.1. The van der Waals surface area contributed by atoms with E-state index >= 15 is 0 Å². The van der Waals surface area contributed by atoms with Crippen molar-refractivity contribution in [1.82, 2.24) is 25.1 Å². The van der Waals surface area contributed by atoms with Gasteiger partial charge < -0.3 is 10.1 Å². The number of benzene rings is 1. The number of halogens is 1. The largest absolute Gasteiger partial charge is 0.469 e. The number of hydrogen-bond donors (Lipinski definition) is 1. The number of methoxy groups -OCH3 is 1. The minimum absolute atomic E-state index is 0.139. The molecule has 0 bridgehead atoms. The quantitative estimate of drug-likeness (QED) is 0.404. The van der Waals surface area contributed by atoms with Gasteiger partial charge in [-0.2, -0.15) is 5.10 Å². The highest BCUT2D eigenvalue weighted by molar-refractivity contribution is 7.84. The highest BCUT2D eigenvalue weighted by atomic mass is 32.2. The van der Waals surface area contributed by atoms with E-state index in [1.54, 1.807) is 35.1 Å². The van der Waals surface area contributed by atoms with E-state index in [1.165, 1.54) is 44.1 Å². The van der Waals surface area contributed by atoms with E-state index in [0.29, 0.717) is 27.2 Å². The van der Waals surface area contributed by atoms with E-state index in [0.717, 1.165) is 0 Å². The average molecular weight is 482 g/mol. The summed E-state index contributed by atoms with van der Waals surface area (Å²) in [5, 5.41) is 8.01. The molecule has 9 nitrogen and oxygen atoms in total. The number of esters is 1. The minimum atomic E-state index is -1.34. The Hall–Kier alpha value is -3.99. The van der Waals surface area contributed by atoms with Crippen molar-refractivity contribution in [1.29, 1.82) is 0 Å². The molecule has 34 heavy (non-hydrogen) atoms.